The molecule has 3 aliphatic heterocycles. The molecule has 1 N–H and O–H groups in total. The second-order valence-electron chi connectivity index (χ2n) is 6.43. The highest BCUT2D eigenvalue weighted by Gasteiger charge is 2.63. The lowest BCUT2D eigenvalue weighted by Crippen LogP contribution is -2.48. The lowest BCUT2D eigenvalue weighted by atomic mass is 9.81. The van der Waals surface area contributed by atoms with Crippen LogP contribution in [0.1, 0.15) is 18.4 Å². The number of imide groups is 1. The fourth-order valence-electron chi connectivity index (χ4n) is 4.17. The summed E-state index contributed by atoms with van der Waals surface area (Å²) in [6.07, 6.45) is 1.23. The first-order valence-electron chi connectivity index (χ1n) is 7.87. The van der Waals surface area contributed by atoms with Gasteiger partial charge in [-0.2, -0.15) is 0 Å². The highest BCUT2D eigenvalue weighted by molar-refractivity contribution is 6.08. The van der Waals surface area contributed by atoms with Crippen molar-refractivity contribution in [3.63, 3.8) is 0 Å². The maximum Gasteiger partial charge on any atom is 0.327 e. The minimum Gasteiger partial charge on any atom is -0.480 e. The maximum atomic E-state index is 12.7. The molecule has 3 saturated heterocycles. The van der Waals surface area contributed by atoms with Crippen LogP contribution in [0, 0.1) is 11.8 Å². The fraction of sp³-hybridized carbons (Fsp3) is 0.471. The summed E-state index contributed by atoms with van der Waals surface area (Å²) in [7, 11) is 0. The Kier molecular flexibility index (Phi) is 3.23. The van der Waals surface area contributed by atoms with Gasteiger partial charge in [-0.15, -0.1) is 0 Å². The molecule has 1 aromatic rings. The van der Waals surface area contributed by atoms with Gasteiger partial charge in [0.25, 0.3) is 0 Å². The lowest BCUT2D eigenvalue weighted by Gasteiger charge is -2.24. The maximum absolute atomic E-state index is 12.7. The molecule has 0 spiro atoms. The number of rotatable bonds is 4. The number of amides is 2. The second-order valence-corrected chi connectivity index (χ2v) is 6.43. The van der Waals surface area contributed by atoms with E-state index in [4.69, 9.17) is 4.74 Å². The van der Waals surface area contributed by atoms with Crippen LogP contribution in [0.5, 0.6) is 0 Å². The molecule has 2 amide bonds. The molecule has 23 heavy (non-hydrogen) atoms. The smallest absolute Gasteiger partial charge is 0.327 e. The van der Waals surface area contributed by atoms with Gasteiger partial charge in [-0.1, -0.05) is 30.3 Å². The summed E-state index contributed by atoms with van der Waals surface area (Å²) in [5.74, 6) is -2.88. The van der Waals surface area contributed by atoms with E-state index in [9.17, 15) is 19.5 Å². The largest absolute Gasteiger partial charge is 0.480 e. The summed E-state index contributed by atoms with van der Waals surface area (Å²) in [5.41, 5.74) is 0.789. The van der Waals surface area contributed by atoms with Gasteiger partial charge in [0.05, 0.1) is 24.0 Å². The van der Waals surface area contributed by atoms with Gasteiger partial charge in [0.15, 0.2) is 0 Å². The molecule has 3 aliphatic rings. The first kappa shape index (κ1) is 14.4. The molecule has 120 valence electrons. The van der Waals surface area contributed by atoms with Gasteiger partial charge in [0, 0.05) is 6.42 Å². The van der Waals surface area contributed by atoms with Crippen molar-refractivity contribution in [1.82, 2.24) is 4.90 Å². The van der Waals surface area contributed by atoms with Crippen LogP contribution in [0.4, 0.5) is 0 Å². The Morgan fingerprint density at radius 3 is 2.22 bits per heavy atom. The summed E-state index contributed by atoms with van der Waals surface area (Å²) in [6, 6.07) is 7.91. The number of aliphatic carboxylic acids is 1. The average Bonchev–Trinajstić information content (AvgIpc) is 3.21. The zero-order valence-corrected chi connectivity index (χ0v) is 12.4. The third-order valence-corrected chi connectivity index (χ3v) is 5.19. The Bertz CT molecular complexity index is 645. The van der Waals surface area contributed by atoms with Crippen LogP contribution < -0.4 is 0 Å². The molecule has 3 unspecified atom stereocenters. The molecular weight excluding hydrogens is 298 g/mol. The van der Waals surface area contributed by atoms with Crippen LogP contribution in [0.15, 0.2) is 30.3 Å². The van der Waals surface area contributed by atoms with Crippen molar-refractivity contribution in [1.29, 1.82) is 0 Å². The van der Waals surface area contributed by atoms with E-state index in [1.54, 1.807) is 12.1 Å². The van der Waals surface area contributed by atoms with Crippen molar-refractivity contribution in [3.05, 3.63) is 35.9 Å². The molecular formula is C17H17NO5. The number of ether oxygens (including phenoxy) is 1. The van der Waals surface area contributed by atoms with E-state index in [1.165, 1.54) is 0 Å². The summed E-state index contributed by atoms with van der Waals surface area (Å²) in [6.45, 7) is 0. The topological polar surface area (TPSA) is 83.9 Å². The minimum atomic E-state index is -1.15. The molecule has 6 heteroatoms. The number of benzene rings is 1. The number of fused-ring (bicyclic) bond motifs is 5. The highest BCUT2D eigenvalue weighted by Crippen LogP contribution is 2.49. The Hall–Kier alpha value is -2.21. The van der Waals surface area contributed by atoms with Gasteiger partial charge in [-0.05, 0) is 18.4 Å². The van der Waals surface area contributed by atoms with E-state index in [0.29, 0.717) is 0 Å². The second kappa shape index (κ2) is 5.16. The van der Waals surface area contributed by atoms with Crippen molar-refractivity contribution in [2.45, 2.75) is 37.5 Å². The van der Waals surface area contributed by atoms with Crippen LogP contribution in [0.2, 0.25) is 0 Å². The van der Waals surface area contributed by atoms with E-state index >= 15 is 0 Å². The molecule has 5 atom stereocenters. The number of likely N-dealkylation sites (tertiary alicyclic amines) is 1. The minimum absolute atomic E-state index is 0.128. The fourth-order valence-corrected chi connectivity index (χ4v) is 4.17. The number of hydrogen-bond donors (Lipinski definition) is 1. The average molecular weight is 315 g/mol. The van der Waals surface area contributed by atoms with E-state index in [1.807, 2.05) is 18.2 Å². The molecule has 3 heterocycles. The number of carbonyl (C=O) groups excluding carboxylic acids is 2. The third kappa shape index (κ3) is 2.09. The van der Waals surface area contributed by atoms with E-state index in [0.717, 1.165) is 23.3 Å². The van der Waals surface area contributed by atoms with Crippen molar-refractivity contribution in [2.24, 2.45) is 11.8 Å². The van der Waals surface area contributed by atoms with E-state index in [-0.39, 0.29) is 30.4 Å². The highest BCUT2D eigenvalue weighted by atomic mass is 16.5. The van der Waals surface area contributed by atoms with Gasteiger partial charge in [-0.3, -0.25) is 14.5 Å². The SMILES string of the molecule is O=C(O)[C@@H](Cc1ccccc1)N1C(=O)C2C3CC[C@H](O3)C2C1=O. The molecule has 3 fully saturated rings. The van der Waals surface area contributed by atoms with Crippen molar-refractivity contribution >= 4 is 17.8 Å². The quantitative estimate of drug-likeness (QED) is 0.833. The number of hydrogen-bond acceptors (Lipinski definition) is 4. The Morgan fingerprint density at radius 2 is 1.70 bits per heavy atom. The molecule has 4 rings (SSSR count). The van der Waals surface area contributed by atoms with Gasteiger partial charge in [0.1, 0.15) is 6.04 Å². The number of carboxylic acids is 1. The molecule has 0 aromatic heterocycles. The third-order valence-electron chi connectivity index (χ3n) is 5.19. The van der Waals surface area contributed by atoms with Crippen LogP contribution in [-0.4, -0.2) is 46.0 Å². The van der Waals surface area contributed by atoms with E-state index < -0.39 is 23.8 Å². The summed E-state index contributed by atoms with van der Waals surface area (Å²) in [4.78, 5) is 38.1. The molecule has 0 saturated carbocycles. The predicted molar refractivity (Wildman–Crippen MR) is 78.3 cm³/mol. The van der Waals surface area contributed by atoms with Gasteiger partial charge < -0.3 is 9.84 Å². The van der Waals surface area contributed by atoms with Crippen LogP contribution in [0.25, 0.3) is 0 Å². The normalized spacial score (nSPS) is 33.1. The Morgan fingerprint density at radius 1 is 1.13 bits per heavy atom. The number of carboxylic acid groups (broad SMARTS) is 1. The number of carbonyl (C=O) groups is 3. The summed E-state index contributed by atoms with van der Waals surface area (Å²) >= 11 is 0. The first-order valence-corrected chi connectivity index (χ1v) is 7.87. The Labute approximate surface area is 133 Å². The predicted octanol–water partition coefficient (Wildman–Crippen LogP) is 0.845. The van der Waals surface area contributed by atoms with Crippen LogP contribution >= 0.6 is 0 Å². The zero-order valence-electron chi connectivity index (χ0n) is 12.4. The van der Waals surface area contributed by atoms with Gasteiger partial charge in [0.2, 0.25) is 11.8 Å². The monoisotopic (exact) mass is 315 g/mol. The molecule has 1 aromatic carbocycles. The Balaban J connectivity index is 1.63. The van der Waals surface area contributed by atoms with Gasteiger partial charge >= 0.3 is 5.97 Å². The van der Waals surface area contributed by atoms with Crippen molar-refractivity contribution in [3.8, 4) is 0 Å². The first-order chi connectivity index (χ1) is 11.1. The molecule has 0 radical (unpaired) electrons. The van der Waals surface area contributed by atoms with Crippen LogP contribution in [-0.2, 0) is 25.5 Å². The number of nitrogens with zero attached hydrogens (tertiary/aromatic N) is 1. The molecule has 2 bridgehead atoms. The molecule has 6 nitrogen and oxygen atoms in total. The van der Waals surface area contributed by atoms with Crippen LogP contribution in [0.3, 0.4) is 0 Å². The zero-order chi connectivity index (χ0) is 16.1. The van der Waals surface area contributed by atoms with E-state index in [2.05, 4.69) is 0 Å². The summed E-state index contributed by atoms with van der Waals surface area (Å²) in [5, 5.41) is 9.56. The lowest BCUT2D eigenvalue weighted by molar-refractivity contribution is -0.156. The van der Waals surface area contributed by atoms with Crippen molar-refractivity contribution in [2.75, 3.05) is 0 Å². The van der Waals surface area contributed by atoms with Crippen molar-refractivity contribution < 1.29 is 24.2 Å². The van der Waals surface area contributed by atoms with Gasteiger partial charge in [-0.25, -0.2) is 4.79 Å². The molecule has 0 aliphatic carbocycles. The summed E-state index contributed by atoms with van der Waals surface area (Å²) < 4.78 is 5.67. The standard InChI is InChI=1S/C17H17NO5/c19-15-13-11-6-7-12(23-11)14(13)16(20)18(15)10(17(21)22)8-9-4-2-1-3-5-9/h1-5,10-14H,6-8H2,(H,21,22)/t10-,11+,12?,13?,14?/m1/s1.